The van der Waals surface area contributed by atoms with Crippen LogP contribution in [0.1, 0.15) is 21.3 Å². The smallest absolute Gasteiger partial charge is 0.263 e. The quantitative estimate of drug-likeness (QED) is 0.665. The van der Waals surface area contributed by atoms with Gasteiger partial charge in [-0.3, -0.25) is 4.79 Å². The number of rotatable bonds is 6. The molecule has 0 saturated heterocycles. The lowest BCUT2D eigenvalue weighted by molar-refractivity contribution is 0.0918. The van der Waals surface area contributed by atoms with Gasteiger partial charge in [-0.05, 0) is 24.3 Å². The van der Waals surface area contributed by atoms with Crippen molar-refractivity contribution in [3.63, 3.8) is 0 Å². The Hall–Kier alpha value is -2.28. The molecule has 5 nitrogen and oxygen atoms in total. The van der Waals surface area contributed by atoms with Crippen LogP contribution in [0.4, 0.5) is 0 Å². The molecule has 2 aromatic carbocycles. The number of amides is 1. The number of benzene rings is 2. The molecule has 1 heterocycles. The van der Waals surface area contributed by atoms with Gasteiger partial charge in [-0.25, -0.2) is 0 Å². The fourth-order valence-electron chi connectivity index (χ4n) is 2.64. The first-order valence-corrected chi connectivity index (χ1v) is 9.09. The average Bonchev–Trinajstić information content (AvgIpc) is 3.02. The second-order valence-electron chi connectivity index (χ2n) is 5.58. The standard InChI is InChI=1S/C19H18ClNO4S/c1-24-11-7-8-15(25-2)13(9-11)14(22)10-21-19(23)18-17(20)12-5-3-4-6-16(12)26-18/h3-9,14,22H,10H2,1-2H3,(H,21,23). The van der Waals surface area contributed by atoms with Crippen LogP contribution < -0.4 is 14.8 Å². The summed E-state index contributed by atoms with van der Waals surface area (Å²) in [5.41, 5.74) is 0.537. The van der Waals surface area contributed by atoms with Crippen LogP contribution in [0.3, 0.4) is 0 Å². The van der Waals surface area contributed by atoms with Gasteiger partial charge in [0.25, 0.3) is 5.91 Å². The maximum absolute atomic E-state index is 12.5. The average molecular weight is 392 g/mol. The molecule has 1 amide bonds. The molecule has 136 valence electrons. The van der Waals surface area contributed by atoms with E-state index in [4.69, 9.17) is 21.1 Å². The van der Waals surface area contributed by atoms with Gasteiger partial charge in [-0.15, -0.1) is 11.3 Å². The number of aliphatic hydroxyl groups excluding tert-OH is 1. The lowest BCUT2D eigenvalue weighted by Gasteiger charge is -2.16. The highest BCUT2D eigenvalue weighted by Crippen LogP contribution is 2.35. The Bertz CT molecular complexity index is 940. The molecule has 0 fully saturated rings. The molecule has 26 heavy (non-hydrogen) atoms. The third-order valence-electron chi connectivity index (χ3n) is 3.99. The van der Waals surface area contributed by atoms with Gasteiger partial charge in [-0.1, -0.05) is 29.8 Å². The van der Waals surface area contributed by atoms with E-state index in [1.54, 1.807) is 25.3 Å². The molecule has 0 radical (unpaired) electrons. The van der Waals surface area contributed by atoms with Crippen molar-refractivity contribution in [3.8, 4) is 11.5 Å². The van der Waals surface area contributed by atoms with Crippen LogP contribution in [0, 0.1) is 0 Å². The van der Waals surface area contributed by atoms with Gasteiger partial charge in [0.05, 0.1) is 19.2 Å². The number of thiophene rings is 1. The fraction of sp³-hybridized carbons (Fsp3) is 0.211. The Kier molecular flexibility index (Phi) is 5.66. The SMILES string of the molecule is COc1ccc(OC)c(C(O)CNC(=O)c2sc3ccccc3c2Cl)c1. The zero-order chi connectivity index (χ0) is 18.7. The number of aliphatic hydroxyl groups is 1. The molecule has 0 saturated carbocycles. The molecule has 1 unspecified atom stereocenters. The summed E-state index contributed by atoms with van der Waals surface area (Å²) in [5, 5.41) is 14.5. The van der Waals surface area contributed by atoms with Gasteiger partial charge in [0, 0.05) is 22.2 Å². The molecule has 0 aliphatic carbocycles. The van der Waals surface area contributed by atoms with Gasteiger partial charge < -0.3 is 19.9 Å². The van der Waals surface area contributed by atoms with E-state index in [0.29, 0.717) is 27.0 Å². The summed E-state index contributed by atoms with van der Waals surface area (Å²) < 4.78 is 11.4. The molecule has 1 atom stereocenters. The number of hydrogen-bond donors (Lipinski definition) is 2. The topological polar surface area (TPSA) is 67.8 Å². The van der Waals surface area contributed by atoms with Gasteiger partial charge in [-0.2, -0.15) is 0 Å². The number of fused-ring (bicyclic) bond motifs is 1. The fourth-order valence-corrected chi connectivity index (χ4v) is 4.07. The maximum Gasteiger partial charge on any atom is 0.263 e. The minimum atomic E-state index is -0.947. The predicted octanol–water partition coefficient (Wildman–Crippen LogP) is 4.04. The normalized spacial score (nSPS) is 12.0. The largest absolute Gasteiger partial charge is 0.497 e. The molecule has 3 aromatic rings. The van der Waals surface area contributed by atoms with Gasteiger partial charge in [0.15, 0.2) is 0 Å². The zero-order valence-electron chi connectivity index (χ0n) is 14.3. The Labute approximate surface area is 160 Å². The van der Waals surface area contributed by atoms with Gasteiger partial charge >= 0.3 is 0 Å². The van der Waals surface area contributed by atoms with Crippen LogP contribution in [0.2, 0.25) is 5.02 Å². The molecule has 2 N–H and O–H groups in total. The predicted molar refractivity (Wildman–Crippen MR) is 104 cm³/mol. The molecule has 1 aromatic heterocycles. The second kappa shape index (κ2) is 7.95. The lowest BCUT2D eigenvalue weighted by Crippen LogP contribution is -2.28. The Balaban J connectivity index is 1.75. The molecule has 7 heteroatoms. The van der Waals surface area contributed by atoms with E-state index < -0.39 is 6.10 Å². The summed E-state index contributed by atoms with van der Waals surface area (Å²) in [5.74, 6) is 0.795. The number of halogens is 1. The van der Waals surface area contributed by atoms with E-state index >= 15 is 0 Å². The molecule has 3 rings (SSSR count). The number of methoxy groups -OCH3 is 2. The number of carbonyl (C=O) groups is 1. The van der Waals surface area contributed by atoms with Crippen LogP contribution in [0.15, 0.2) is 42.5 Å². The van der Waals surface area contributed by atoms with Crippen LogP contribution in [-0.2, 0) is 0 Å². The van der Waals surface area contributed by atoms with E-state index in [-0.39, 0.29) is 12.5 Å². The number of carbonyl (C=O) groups excluding carboxylic acids is 1. The van der Waals surface area contributed by atoms with Gasteiger partial charge in [0.1, 0.15) is 22.5 Å². The molecular formula is C19H18ClNO4S. The summed E-state index contributed by atoms with van der Waals surface area (Å²) in [4.78, 5) is 12.9. The highest BCUT2D eigenvalue weighted by atomic mass is 35.5. The Morgan fingerprint density at radius 2 is 2.00 bits per heavy atom. The second-order valence-corrected chi connectivity index (χ2v) is 7.01. The molecule has 0 aliphatic heterocycles. The third kappa shape index (κ3) is 3.62. The maximum atomic E-state index is 12.5. The first-order valence-electron chi connectivity index (χ1n) is 7.90. The van der Waals surface area contributed by atoms with Crippen molar-refractivity contribution in [1.82, 2.24) is 5.32 Å². The third-order valence-corrected chi connectivity index (χ3v) is 5.67. The highest BCUT2D eigenvalue weighted by Gasteiger charge is 2.20. The number of nitrogens with one attached hydrogen (secondary N) is 1. The van der Waals surface area contributed by atoms with Crippen LogP contribution in [0.5, 0.6) is 11.5 Å². The van der Waals surface area contributed by atoms with Crippen molar-refractivity contribution in [3.05, 3.63) is 57.9 Å². The number of ether oxygens (including phenoxy) is 2. The van der Waals surface area contributed by atoms with Crippen LogP contribution in [-0.4, -0.2) is 31.8 Å². The van der Waals surface area contributed by atoms with E-state index in [1.807, 2.05) is 24.3 Å². The van der Waals surface area contributed by atoms with E-state index in [0.717, 1.165) is 10.1 Å². The first kappa shape index (κ1) is 18.5. The van der Waals surface area contributed by atoms with Crippen molar-refractivity contribution in [1.29, 1.82) is 0 Å². The highest BCUT2D eigenvalue weighted by molar-refractivity contribution is 7.21. The van der Waals surface area contributed by atoms with E-state index in [2.05, 4.69) is 5.32 Å². The van der Waals surface area contributed by atoms with Crippen LogP contribution >= 0.6 is 22.9 Å². The van der Waals surface area contributed by atoms with Crippen molar-refractivity contribution in [2.75, 3.05) is 20.8 Å². The summed E-state index contributed by atoms with van der Waals surface area (Å²) in [6, 6.07) is 12.7. The Morgan fingerprint density at radius 3 is 2.69 bits per heavy atom. The van der Waals surface area contributed by atoms with E-state index in [1.165, 1.54) is 18.4 Å². The lowest BCUT2D eigenvalue weighted by atomic mass is 10.1. The van der Waals surface area contributed by atoms with Crippen molar-refractivity contribution >= 4 is 38.9 Å². The molecule has 0 bridgehead atoms. The first-order chi connectivity index (χ1) is 12.5. The summed E-state index contributed by atoms with van der Waals surface area (Å²) in [6.07, 6.45) is -0.947. The van der Waals surface area contributed by atoms with E-state index in [9.17, 15) is 9.90 Å². The van der Waals surface area contributed by atoms with Crippen molar-refractivity contribution in [2.45, 2.75) is 6.10 Å². The van der Waals surface area contributed by atoms with Gasteiger partial charge in [0.2, 0.25) is 0 Å². The van der Waals surface area contributed by atoms with Crippen molar-refractivity contribution < 1.29 is 19.4 Å². The minimum Gasteiger partial charge on any atom is -0.497 e. The summed E-state index contributed by atoms with van der Waals surface area (Å²) in [7, 11) is 3.07. The molecule has 0 aliphatic rings. The summed E-state index contributed by atoms with van der Waals surface area (Å²) in [6.45, 7) is 0.0208. The zero-order valence-corrected chi connectivity index (χ0v) is 15.9. The Morgan fingerprint density at radius 1 is 1.23 bits per heavy atom. The molecule has 0 spiro atoms. The monoisotopic (exact) mass is 391 g/mol. The molecular weight excluding hydrogens is 374 g/mol. The summed E-state index contributed by atoms with van der Waals surface area (Å²) >= 11 is 7.65. The van der Waals surface area contributed by atoms with Crippen molar-refractivity contribution in [2.24, 2.45) is 0 Å². The van der Waals surface area contributed by atoms with Crippen LogP contribution in [0.25, 0.3) is 10.1 Å². The minimum absolute atomic E-state index is 0.0208. The number of hydrogen-bond acceptors (Lipinski definition) is 5.